The van der Waals surface area contributed by atoms with Crippen LogP contribution in [0, 0.1) is 0 Å². The molecule has 0 fully saturated rings. The van der Waals surface area contributed by atoms with Gasteiger partial charge < -0.3 is 33.0 Å². The van der Waals surface area contributed by atoms with Crippen LogP contribution in [-0.2, 0) is 61.4 Å². The molecule has 0 unspecified atom stereocenters. The van der Waals surface area contributed by atoms with E-state index < -0.39 is 15.6 Å². The third-order valence-electron chi connectivity index (χ3n) is 0.200. The fourth-order valence-electron chi connectivity index (χ4n) is 0.122. The van der Waals surface area contributed by atoms with Gasteiger partial charge in [-0.05, 0) is 0 Å². The molecule has 0 aromatic carbocycles. The van der Waals surface area contributed by atoms with E-state index in [9.17, 15) is 28.7 Å². The van der Waals surface area contributed by atoms with E-state index in [1.54, 1.807) is 0 Å². The standard InChI is InChI=1S/Mg.H4O7P2.Ti.Zr/c;1-8(2,3)7-9(4,5)6;;/h;(H2,1,2,3)(H2,4,5,6);;/q+2;;2*+4/p-4. The van der Waals surface area contributed by atoms with Gasteiger partial charge >= 0.3 is 71.0 Å². The van der Waals surface area contributed by atoms with Crippen LogP contribution >= 0.6 is 15.6 Å². The maximum Gasteiger partial charge on any atom is 4.00 e. The summed E-state index contributed by atoms with van der Waals surface area (Å²) in [6.45, 7) is 0. The van der Waals surface area contributed by atoms with Gasteiger partial charge in [0, 0.05) is 0 Å². The predicted molar refractivity (Wildman–Crippen MR) is 22.1 cm³/mol. The smallest absolute Gasteiger partial charge is 0.790 e. The fourth-order valence-corrected chi connectivity index (χ4v) is 1.10. The fraction of sp³-hybridized carbons (Fsp3) is 0. The second-order valence-corrected chi connectivity index (χ2v) is 3.42. The summed E-state index contributed by atoms with van der Waals surface area (Å²) in [5, 5.41) is 0. The van der Waals surface area contributed by atoms with Gasteiger partial charge in [-0.15, -0.1) is 0 Å². The Morgan fingerprint density at radius 2 is 1.08 bits per heavy atom. The zero-order valence-corrected chi connectivity index (χ0v) is 12.7. The predicted octanol–water partition coefficient (Wildman–Crippen LogP) is -3.73. The van der Waals surface area contributed by atoms with Crippen LogP contribution in [0.15, 0.2) is 0 Å². The molecule has 0 heterocycles. The Balaban J connectivity index is -0.000000107. The first-order chi connectivity index (χ1) is 3.71. The maximum absolute atomic E-state index is 9.32. The van der Waals surface area contributed by atoms with Gasteiger partial charge in [0.05, 0.1) is 15.6 Å². The van der Waals surface area contributed by atoms with E-state index in [0.717, 1.165) is 0 Å². The van der Waals surface area contributed by atoms with E-state index in [0.29, 0.717) is 0 Å². The van der Waals surface area contributed by atoms with Gasteiger partial charge in [0.2, 0.25) is 0 Å². The molecule has 12 heavy (non-hydrogen) atoms. The first-order valence-electron chi connectivity index (χ1n) is 1.46. The molecule has 12 heteroatoms. The van der Waals surface area contributed by atoms with Crippen molar-refractivity contribution in [1.82, 2.24) is 0 Å². The number of phosphoric acid groups is 2. The summed E-state index contributed by atoms with van der Waals surface area (Å²) in [5.41, 5.74) is 0. The second kappa shape index (κ2) is 8.89. The van der Waals surface area contributed by atoms with Crippen LogP contribution in [-0.4, -0.2) is 23.1 Å². The zero-order chi connectivity index (χ0) is 7.71. The third kappa shape index (κ3) is 22.9. The molecule has 0 saturated carbocycles. The second-order valence-electron chi connectivity index (χ2n) is 0.976. The Labute approximate surface area is 118 Å². The van der Waals surface area contributed by atoms with Crippen LogP contribution in [0.4, 0.5) is 0 Å². The minimum absolute atomic E-state index is 0. The Morgan fingerprint density at radius 1 is 0.917 bits per heavy atom. The molecule has 0 radical (unpaired) electrons. The molecule has 0 aromatic heterocycles. The first kappa shape index (κ1) is 24.0. The molecule has 0 aromatic rings. The van der Waals surface area contributed by atoms with Crippen molar-refractivity contribution in [3.8, 4) is 0 Å². The molecule has 0 rings (SSSR count). The number of hydrogen-bond acceptors (Lipinski definition) is 7. The molecule has 0 spiro atoms. The molecular formula is MgO7P2TiZr+6. The van der Waals surface area contributed by atoms with Crippen molar-refractivity contribution < 1.29 is 80.9 Å². The molecule has 0 N–H and O–H groups in total. The van der Waals surface area contributed by atoms with Crippen LogP contribution in [0.1, 0.15) is 0 Å². The van der Waals surface area contributed by atoms with Crippen molar-refractivity contribution >= 4 is 38.7 Å². The van der Waals surface area contributed by atoms with Crippen molar-refractivity contribution in [2.24, 2.45) is 0 Å². The Kier molecular flexibility index (Phi) is 17.8. The molecule has 0 amide bonds. The van der Waals surface area contributed by atoms with Crippen LogP contribution in [0.2, 0.25) is 0 Å². The molecule has 7 nitrogen and oxygen atoms in total. The van der Waals surface area contributed by atoms with Gasteiger partial charge in [-0.2, -0.15) is 0 Å². The maximum atomic E-state index is 9.32. The van der Waals surface area contributed by atoms with Crippen LogP contribution < -0.4 is 19.6 Å². The summed E-state index contributed by atoms with van der Waals surface area (Å²) in [6, 6.07) is 0. The van der Waals surface area contributed by atoms with Crippen molar-refractivity contribution in [3.05, 3.63) is 0 Å². The minimum Gasteiger partial charge on any atom is -0.790 e. The van der Waals surface area contributed by atoms with E-state index in [4.69, 9.17) is 0 Å². The SMILES string of the molecule is O=P([O-])([O-])OP(=O)([O-])[O-].[Mg+2].[Ti+4].[Zr+4]. The van der Waals surface area contributed by atoms with Gasteiger partial charge in [-0.1, -0.05) is 0 Å². The average Bonchev–Trinajstić information content (AvgIpc) is 1.14. The van der Waals surface area contributed by atoms with E-state index in [1.807, 2.05) is 0 Å². The molecule has 56 valence electrons. The topological polar surface area (TPSA) is 136 Å². The van der Waals surface area contributed by atoms with E-state index in [-0.39, 0.29) is 71.0 Å². The molecule has 0 aliphatic rings. The van der Waals surface area contributed by atoms with Gasteiger partial charge in [-0.25, -0.2) is 0 Å². The quantitative estimate of drug-likeness (QED) is 0.373. The van der Waals surface area contributed by atoms with Crippen LogP contribution in [0.3, 0.4) is 0 Å². The molecule has 0 atom stereocenters. The normalized spacial score (nSPS) is 10.3. The van der Waals surface area contributed by atoms with E-state index >= 15 is 0 Å². The van der Waals surface area contributed by atoms with E-state index in [1.165, 1.54) is 0 Å². The monoisotopic (exact) mass is 336 g/mol. The van der Waals surface area contributed by atoms with Gasteiger partial charge in [0.15, 0.2) is 0 Å². The summed E-state index contributed by atoms with van der Waals surface area (Å²) in [4.78, 5) is 37.3. The van der Waals surface area contributed by atoms with Gasteiger partial charge in [0.25, 0.3) is 0 Å². The van der Waals surface area contributed by atoms with Crippen molar-refractivity contribution in [3.63, 3.8) is 0 Å². The Bertz CT molecular complexity index is 162. The Hall–Kier alpha value is 2.62. The van der Waals surface area contributed by atoms with Crippen molar-refractivity contribution in [2.75, 3.05) is 0 Å². The summed E-state index contributed by atoms with van der Waals surface area (Å²) in [7, 11) is -11.4. The number of rotatable bonds is 2. The van der Waals surface area contributed by atoms with Crippen LogP contribution in [0.25, 0.3) is 0 Å². The zero-order valence-electron chi connectivity index (χ0n) is 5.46. The largest absolute Gasteiger partial charge is 4.00 e. The average molecular weight is 337 g/mol. The summed E-state index contributed by atoms with van der Waals surface area (Å²) in [6.07, 6.45) is 0. The van der Waals surface area contributed by atoms with Crippen molar-refractivity contribution in [2.45, 2.75) is 0 Å². The van der Waals surface area contributed by atoms with E-state index in [2.05, 4.69) is 4.31 Å². The Morgan fingerprint density at radius 3 is 1.08 bits per heavy atom. The van der Waals surface area contributed by atoms with Crippen molar-refractivity contribution in [1.29, 1.82) is 0 Å². The van der Waals surface area contributed by atoms with Gasteiger partial charge in [0.1, 0.15) is 0 Å². The summed E-state index contributed by atoms with van der Waals surface area (Å²) in [5.74, 6) is 0. The molecule has 0 bridgehead atoms. The molecular weight excluding hydrogens is 337 g/mol. The van der Waals surface area contributed by atoms with Crippen LogP contribution in [0.5, 0.6) is 0 Å². The molecule has 0 aliphatic heterocycles. The first-order valence-corrected chi connectivity index (χ1v) is 4.38. The third-order valence-corrected chi connectivity index (χ3v) is 1.80. The van der Waals surface area contributed by atoms with Gasteiger partial charge in [-0.3, -0.25) is 0 Å². The number of hydrogen-bond donors (Lipinski definition) is 0. The molecule has 0 aliphatic carbocycles. The minimum atomic E-state index is -5.68. The summed E-state index contributed by atoms with van der Waals surface area (Å²) < 4.78 is 21.2. The molecule has 0 saturated heterocycles. The summed E-state index contributed by atoms with van der Waals surface area (Å²) >= 11 is 0.